The van der Waals surface area contributed by atoms with Gasteiger partial charge in [0.2, 0.25) is 0 Å². The van der Waals surface area contributed by atoms with Crippen LogP contribution in [0.5, 0.6) is 0 Å². The van der Waals surface area contributed by atoms with Crippen LogP contribution >= 0.6 is 12.2 Å². The van der Waals surface area contributed by atoms with Crippen molar-refractivity contribution in [2.45, 2.75) is 0 Å². The second-order valence-corrected chi connectivity index (χ2v) is 3.26. The van der Waals surface area contributed by atoms with Crippen LogP contribution in [-0.4, -0.2) is 25.1 Å². The van der Waals surface area contributed by atoms with E-state index in [0.717, 1.165) is 5.56 Å². The molecule has 0 atom stereocenters. The predicted octanol–water partition coefficient (Wildman–Crippen LogP) is -0.156. The molecular weight excluding hydrogens is 212 g/mol. The molecule has 15 heavy (non-hydrogen) atoms. The van der Waals surface area contributed by atoms with E-state index in [9.17, 15) is 0 Å². The van der Waals surface area contributed by atoms with Gasteiger partial charge in [0.25, 0.3) is 0 Å². The van der Waals surface area contributed by atoms with Crippen molar-refractivity contribution in [1.82, 2.24) is 20.0 Å². The highest BCUT2D eigenvalue weighted by molar-refractivity contribution is 7.80. The monoisotopic (exact) mass is 220 g/mol. The summed E-state index contributed by atoms with van der Waals surface area (Å²) in [7, 11) is 0. The summed E-state index contributed by atoms with van der Waals surface area (Å²) in [4.78, 5) is 0. The van der Waals surface area contributed by atoms with Gasteiger partial charge in [-0.3, -0.25) is 10.5 Å². The maximum absolute atomic E-state index is 7.53. The summed E-state index contributed by atoms with van der Waals surface area (Å²) < 4.78 is 1.19. The molecule has 0 radical (unpaired) electrons. The zero-order chi connectivity index (χ0) is 10.8. The molecule has 7 heteroatoms. The zero-order valence-corrected chi connectivity index (χ0v) is 8.45. The van der Waals surface area contributed by atoms with Crippen LogP contribution in [-0.2, 0) is 0 Å². The summed E-state index contributed by atoms with van der Waals surface area (Å²) in [5.74, 6) is 0. The van der Waals surface area contributed by atoms with Gasteiger partial charge in [0.05, 0.1) is 11.9 Å². The molecule has 6 nitrogen and oxygen atoms in total. The lowest BCUT2D eigenvalue weighted by Gasteiger charge is -2.03. The van der Waals surface area contributed by atoms with Crippen molar-refractivity contribution < 1.29 is 0 Å². The van der Waals surface area contributed by atoms with Crippen LogP contribution in [0.15, 0.2) is 24.5 Å². The van der Waals surface area contributed by atoms with Crippen molar-refractivity contribution in [3.8, 4) is 11.3 Å². The van der Waals surface area contributed by atoms with Crippen LogP contribution in [0.25, 0.3) is 11.3 Å². The van der Waals surface area contributed by atoms with E-state index in [2.05, 4.69) is 15.3 Å². The first-order valence-corrected chi connectivity index (χ1v) is 4.53. The molecule has 76 valence electrons. The Bertz CT molecular complexity index is 541. The summed E-state index contributed by atoms with van der Waals surface area (Å²) in [6.07, 6.45) is 3.34. The summed E-state index contributed by atoms with van der Waals surface area (Å²) in [5, 5.41) is 18.2. The summed E-state index contributed by atoms with van der Waals surface area (Å²) in [6, 6.07) is 3.29. The second kappa shape index (κ2) is 3.62. The number of thiocarbonyl (C=S) groups is 1. The van der Waals surface area contributed by atoms with Gasteiger partial charge in [-0.25, -0.2) is 0 Å². The fourth-order valence-corrected chi connectivity index (χ4v) is 1.28. The molecule has 2 heterocycles. The molecule has 0 aliphatic carbocycles. The summed E-state index contributed by atoms with van der Waals surface area (Å²) in [6.45, 7) is 0. The number of hydrogen-bond acceptors (Lipinski definition) is 4. The van der Waals surface area contributed by atoms with Gasteiger partial charge in [-0.1, -0.05) is 0 Å². The van der Waals surface area contributed by atoms with E-state index in [0.29, 0.717) is 5.69 Å². The third-order valence-electron chi connectivity index (χ3n) is 1.84. The first kappa shape index (κ1) is 9.53. The van der Waals surface area contributed by atoms with E-state index in [1.54, 1.807) is 24.5 Å². The van der Waals surface area contributed by atoms with Crippen molar-refractivity contribution in [2.75, 3.05) is 0 Å². The molecule has 0 amide bonds. The van der Waals surface area contributed by atoms with Crippen LogP contribution in [0, 0.1) is 5.41 Å². The van der Waals surface area contributed by atoms with E-state index in [1.807, 2.05) is 0 Å². The molecule has 0 saturated carbocycles. The van der Waals surface area contributed by atoms with E-state index in [4.69, 9.17) is 23.4 Å². The Kier molecular flexibility index (Phi) is 2.30. The topological polar surface area (TPSA) is 96.4 Å². The Labute approximate surface area is 90.3 Å². The van der Waals surface area contributed by atoms with Crippen molar-refractivity contribution in [1.29, 1.82) is 5.41 Å². The molecule has 2 rings (SSSR count). The molecule has 0 spiro atoms. The molecule has 0 fully saturated rings. The van der Waals surface area contributed by atoms with Gasteiger partial charge in [-0.2, -0.15) is 14.9 Å². The Morgan fingerprint density at radius 3 is 2.93 bits per heavy atom. The van der Waals surface area contributed by atoms with Crippen LogP contribution in [0.3, 0.4) is 0 Å². The van der Waals surface area contributed by atoms with Gasteiger partial charge < -0.3 is 5.73 Å². The SMILES string of the molecule is N=c1ccc(-c2cn[nH]c2)nn1C(N)=S. The van der Waals surface area contributed by atoms with Crippen LogP contribution in [0.1, 0.15) is 0 Å². The smallest absolute Gasteiger partial charge is 0.193 e. The van der Waals surface area contributed by atoms with E-state index in [-0.39, 0.29) is 10.6 Å². The highest BCUT2D eigenvalue weighted by Gasteiger charge is 2.03. The highest BCUT2D eigenvalue weighted by atomic mass is 32.1. The van der Waals surface area contributed by atoms with Gasteiger partial charge in [0.15, 0.2) is 5.11 Å². The number of rotatable bonds is 1. The maximum Gasteiger partial charge on any atom is 0.193 e. The molecule has 0 aromatic carbocycles. The Morgan fingerprint density at radius 2 is 2.33 bits per heavy atom. The molecule has 0 bridgehead atoms. The van der Waals surface area contributed by atoms with Crippen LogP contribution < -0.4 is 11.2 Å². The minimum atomic E-state index is 0.0466. The van der Waals surface area contributed by atoms with Gasteiger partial charge in [-0.05, 0) is 24.4 Å². The Morgan fingerprint density at radius 1 is 1.53 bits per heavy atom. The van der Waals surface area contributed by atoms with Gasteiger partial charge in [0, 0.05) is 11.8 Å². The molecular formula is C8H8N6S. The largest absolute Gasteiger partial charge is 0.374 e. The molecule has 4 N–H and O–H groups in total. The molecule has 2 aromatic heterocycles. The first-order chi connectivity index (χ1) is 7.18. The third kappa shape index (κ3) is 1.77. The van der Waals surface area contributed by atoms with E-state index >= 15 is 0 Å². The molecule has 0 saturated heterocycles. The fourth-order valence-electron chi connectivity index (χ4n) is 1.14. The average Bonchev–Trinajstić information content (AvgIpc) is 2.71. The number of aromatic nitrogens is 4. The quantitative estimate of drug-likeness (QED) is 0.582. The number of aromatic amines is 1. The number of nitrogens with two attached hydrogens (primary N) is 1. The molecule has 0 aliphatic rings. The normalized spacial score (nSPS) is 10.1. The Balaban J connectivity index is 2.57. The first-order valence-electron chi connectivity index (χ1n) is 4.12. The number of hydrogen-bond donors (Lipinski definition) is 3. The predicted molar refractivity (Wildman–Crippen MR) is 57.8 cm³/mol. The molecule has 2 aromatic rings. The Hall–Kier alpha value is -2.02. The number of H-pyrrole nitrogens is 1. The van der Waals surface area contributed by atoms with Crippen molar-refractivity contribution in [3.05, 3.63) is 30.0 Å². The molecule has 0 unspecified atom stereocenters. The molecule has 0 aliphatic heterocycles. The van der Waals surface area contributed by atoms with Crippen LogP contribution in [0.4, 0.5) is 0 Å². The lowest BCUT2D eigenvalue weighted by molar-refractivity contribution is 0.825. The number of nitrogens with zero attached hydrogens (tertiary/aromatic N) is 3. The van der Waals surface area contributed by atoms with Gasteiger partial charge >= 0.3 is 0 Å². The van der Waals surface area contributed by atoms with E-state index in [1.165, 1.54) is 4.68 Å². The summed E-state index contributed by atoms with van der Waals surface area (Å²) in [5.41, 5.74) is 7.05. The summed E-state index contributed by atoms with van der Waals surface area (Å²) >= 11 is 4.77. The maximum atomic E-state index is 7.53. The standard InChI is InChI=1S/C8H8N6S/c9-7-2-1-6(5-3-11-12-4-5)13-14(7)8(10)15/h1-4,9H,(H2,10,15)(H,11,12). The fraction of sp³-hybridized carbons (Fsp3) is 0. The minimum Gasteiger partial charge on any atom is -0.374 e. The van der Waals surface area contributed by atoms with E-state index < -0.39 is 0 Å². The number of nitrogens with one attached hydrogen (secondary N) is 2. The van der Waals surface area contributed by atoms with Gasteiger partial charge in [-0.15, -0.1) is 0 Å². The van der Waals surface area contributed by atoms with Crippen molar-refractivity contribution >= 4 is 17.3 Å². The average molecular weight is 220 g/mol. The van der Waals surface area contributed by atoms with Crippen molar-refractivity contribution in [2.24, 2.45) is 5.73 Å². The second-order valence-electron chi connectivity index (χ2n) is 2.84. The third-order valence-corrected chi connectivity index (χ3v) is 2.01. The van der Waals surface area contributed by atoms with Gasteiger partial charge in [0.1, 0.15) is 5.49 Å². The lowest BCUT2D eigenvalue weighted by atomic mass is 10.2. The lowest BCUT2D eigenvalue weighted by Crippen LogP contribution is -2.33. The highest BCUT2D eigenvalue weighted by Crippen LogP contribution is 2.11. The zero-order valence-electron chi connectivity index (χ0n) is 7.64. The van der Waals surface area contributed by atoms with Crippen molar-refractivity contribution in [3.63, 3.8) is 0 Å². The minimum absolute atomic E-state index is 0.0466. The van der Waals surface area contributed by atoms with Crippen LogP contribution in [0.2, 0.25) is 0 Å².